The second-order valence-corrected chi connectivity index (χ2v) is 8.08. The molecule has 0 saturated carbocycles. The lowest BCUT2D eigenvalue weighted by Gasteiger charge is -2.23. The van der Waals surface area contributed by atoms with Crippen molar-refractivity contribution in [3.05, 3.63) is 24.3 Å². The summed E-state index contributed by atoms with van der Waals surface area (Å²) in [7, 11) is -2.70. The summed E-state index contributed by atoms with van der Waals surface area (Å²) in [4.78, 5) is 0.249. The zero-order valence-corrected chi connectivity index (χ0v) is 12.4. The SMILES string of the molecule is CNS(=O)(=O)c1cccc(NC2CCS(=O)CC2)c1. The average molecular weight is 302 g/mol. The molecule has 0 unspecified atom stereocenters. The van der Waals surface area contributed by atoms with Gasteiger partial charge in [-0.15, -0.1) is 0 Å². The van der Waals surface area contributed by atoms with Gasteiger partial charge in [-0.05, 0) is 38.1 Å². The number of sulfonamides is 1. The maximum Gasteiger partial charge on any atom is 0.240 e. The van der Waals surface area contributed by atoms with E-state index in [0.29, 0.717) is 11.5 Å². The summed E-state index contributed by atoms with van der Waals surface area (Å²) in [6.45, 7) is 0. The van der Waals surface area contributed by atoms with Crippen LogP contribution >= 0.6 is 0 Å². The van der Waals surface area contributed by atoms with Crippen LogP contribution in [0.25, 0.3) is 0 Å². The molecule has 106 valence electrons. The van der Waals surface area contributed by atoms with Crippen molar-refractivity contribution in [2.45, 2.75) is 23.8 Å². The van der Waals surface area contributed by atoms with Crippen LogP contribution in [0.15, 0.2) is 29.2 Å². The highest BCUT2D eigenvalue weighted by Gasteiger charge is 2.18. The first-order valence-corrected chi connectivity index (χ1v) is 9.13. The topological polar surface area (TPSA) is 75.3 Å². The smallest absolute Gasteiger partial charge is 0.240 e. The molecule has 1 saturated heterocycles. The van der Waals surface area contributed by atoms with Crippen LogP contribution in [-0.4, -0.2) is 37.2 Å². The van der Waals surface area contributed by atoms with Gasteiger partial charge in [0.05, 0.1) is 4.90 Å². The molecule has 0 amide bonds. The quantitative estimate of drug-likeness (QED) is 0.867. The van der Waals surface area contributed by atoms with E-state index in [2.05, 4.69) is 10.0 Å². The molecule has 1 aliphatic rings. The van der Waals surface area contributed by atoms with E-state index in [0.717, 1.165) is 18.5 Å². The number of rotatable bonds is 4. The fourth-order valence-corrected chi connectivity index (χ4v) is 4.12. The first kappa shape index (κ1) is 14.5. The monoisotopic (exact) mass is 302 g/mol. The van der Waals surface area contributed by atoms with E-state index in [4.69, 9.17) is 0 Å². The number of nitrogens with one attached hydrogen (secondary N) is 2. The lowest BCUT2D eigenvalue weighted by Crippen LogP contribution is -2.29. The van der Waals surface area contributed by atoms with Crippen molar-refractivity contribution in [3.8, 4) is 0 Å². The molecular formula is C12H18N2O3S2. The van der Waals surface area contributed by atoms with Crippen LogP contribution in [0.3, 0.4) is 0 Å². The molecule has 0 aromatic heterocycles. The van der Waals surface area contributed by atoms with Crippen LogP contribution < -0.4 is 10.0 Å². The van der Waals surface area contributed by atoms with E-state index in [1.165, 1.54) is 7.05 Å². The fraction of sp³-hybridized carbons (Fsp3) is 0.500. The number of anilines is 1. The molecule has 1 aromatic rings. The Bertz CT molecular complexity index is 562. The van der Waals surface area contributed by atoms with Crippen LogP contribution in [0.1, 0.15) is 12.8 Å². The normalized spacial score (nSPS) is 24.1. The van der Waals surface area contributed by atoms with Crippen LogP contribution in [0.4, 0.5) is 5.69 Å². The fourth-order valence-electron chi connectivity index (χ4n) is 2.04. The molecule has 0 spiro atoms. The Morgan fingerprint density at radius 2 is 1.95 bits per heavy atom. The molecule has 2 N–H and O–H groups in total. The molecule has 2 rings (SSSR count). The maximum atomic E-state index is 11.7. The minimum atomic E-state index is -3.41. The summed E-state index contributed by atoms with van der Waals surface area (Å²) in [6.07, 6.45) is 1.71. The summed E-state index contributed by atoms with van der Waals surface area (Å²) in [5, 5.41) is 3.31. The van der Waals surface area contributed by atoms with E-state index >= 15 is 0 Å². The van der Waals surface area contributed by atoms with Gasteiger partial charge in [0.15, 0.2) is 0 Å². The standard InChI is InChI=1S/C12H18N2O3S2/c1-13-19(16,17)12-4-2-3-11(9-12)14-10-5-7-18(15)8-6-10/h2-4,9-10,13-14H,5-8H2,1H3. The summed E-state index contributed by atoms with van der Waals surface area (Å²) in [5.41, 5.74) is 0.786. The average Bonchev–Trinajstić information content (AvgIpc) is 2.42. The lowest BCUT2D eigenvalue weighted by atomic mass is 10.1. The maximum absolute atomic E-state index is 11.7. The molecule has 0 atom stereocenters. The number of hydrogen-bond acceptors (Lipinski definition) is 4. The molecule has 1 aliphatic heterocycles. The molecule has 1 heterocycles. The van der Waals surface area contributed by atoms with E-state index in [1.54, 1.807) is 18.2 Å². The summed E-state index contributed by atoms with van der Waals surface area (Å²) in [5.74, 6) is 1.43. The molecule has 1 fully saturated rings. The number of hydrogen-bond donors (Lipinski definition) is 2. The van der Waals surface area contributed by atoms with Gasteiger partial charge >= 0.3 is 0 Å². The van der Waals surface area contributed by atoms with Gasteiger partial charge in [-0.3, -0.25) is 4.21 Å². The predicted molar refractivity (Wildman–Crippen MR) is 77.2 cm³/mol. The molecule has 1 aromatic carbocycles. The van der Waals surface area contributed by atoms with Crippen molar-refractivity contribution in [3.63, 3.8) is 0 Å². The minimum absolute atomic E-state index is 0.249. The second-order valence-electron chi connectivity index (χ2n) is 4.50. The van der Waals surface area contributed by atoms with Gasteiger partial charge in [0.25, 0.3) is 0 Å². The van der Waals surface area contributed by atoms with Crippen LogP contribution in [0.2, 0.25) is 0 Å². The van der Waals surface area contributed by atoms with Crippen molar-refractivity contribution >= 4 is 26.5 Å². The first-order chi connectivity index (χ1) is 9.01. The van der Waals surface area contributed by atoms with E-state index in [1.807, 2.05) is 6.07 Å². The Labute approximate surface area is 116 Å². The molecular weight excluding hydrogens is 284 g/mol. The summed E-state index contributed by atoms with van der Waals surface area (Å²) < 4.78 is 37.0. The molecule has 0 radical (unpaired) electrons. The zero-order valence-electron chi connectivity index (χ0n) is 10.8. The van der Waals surface area contributed by atoms with E-state index < -0.39 is 20.8 Å². The van der Waals surface area contributed by atoms with Crippen molar-refractivity contribution in [2.24, 2.45) is 0 Å². The molecule has 0 aliphatic carbocycles. The van der Waals surface area contributed by atoms with Crippen molar-refractivity contribution in [2.75, 3.05) is 23.9 Å². The highest BCUT2D eigenvalue weighted by molar-refractivity contribution is 7.89. The van der Waals surface area contributed by atoms with Gasteiger partial charge in [-0.25, -0.2) is 13.1 Å². The van der Waals surface area contributed by atoms with Gasteiger partial charge in [-0.1, -0.05) is 6.07 Å². The number of benzene rings is 1. The van der Waals surface area contributed by atoms with Crippen molar-refractivity contribution < 1.29 is 12.6 Å². The van der Waals surface area contributed by atoms with Crippen molar-refractivity contribution in [1.29, 1.82) is 0 Å². The van der Waals surface area contributed by atoms with Gasteiger partial charge in [0.1, 0.15) is 0 Å². The van der Waals surface area contributed by atoms with Gasteiger partial charge in [0, 0.05) is 34.0 Å². The Balaban J connectivity index is 2.09. The van der Waals surface area contributed by atoms with Crippen LogP contribution in [-0.2, 0) is 20.8 Å². The predicted octanol–water partition coefficient (Wildman–Crippen LogP) is 0.918. The van der Waals surface area contributed by atoms with Crippen molar-refractivity contribution in [1.82, 2.24) is 4.72 Å². The third-order valence-corrected chi connectivity index (χ3v) is 5.97. The van der Waals surface area contributed by atoms with E-state index in [9.17, 15) is 12.6 Å². The van der Waals surface area contributed by atoms with Crippen LogP contribution in [0, 0.1) is 0 Å². The molecule has 7 heteroatoms. The van der Waals surface area contributed by atoms with Gasteiger partial charge < -0.3 is 5.32 Å². The Hall–Kier alpha value is -0.920. The van der Waals surface area contributed by atoms with Crippen LogP contribution in [0.5, 0.6) is 0 Å². The second kappa shape index (κ2) is 6.02. The highest BCUT2D eigenvalue weighted by atomic mass is 32.2. The summed E-state index contributed by atoms with van der Waals surface area (Å²) >= 11 is 0. The highest BCUT2D eigenvalue weighted by Crippen LogP contribution is 2.19. The molecule has 19 heavy (non-hydrogen) atoms. The van der Waals surface area contributed by atoms with E-state index in [-0.39, 0.29) is 10.9 Å². The third kappa shape index (κ3) is 3.77. The summed E-state index contributed by atoms with van der Waals surface area (Å²) in [6, 6.07) is 7.02. The van der Waals surface area contributed by atoms with Gasteiger partial charge in [0.2, 0.25) is 10.0 Å². The third-order valence-electron chi connectivity index (χ3n) is 3.17. The van der Waals surface area contributed by atoms with Gasteiger partial charge in [-0.2, -0.15) is 0 Å². The Morgan fingerprint density at radius 1 is 1.26 bits per heavy atom. The lowest BCUT2D eigenvalue weighted by molar-refractivity contribution is 0.588. The Kier molecular flexibility index (Phi) is 4.59. The largest absolute Gasteiger partial charge is 0.382 e. The first-order valence-electron chi connectivity index (χ1n) is 6.16. The Morgan fingerprint density at radius 3 is 2.58 bits per heavy atom. The molecule has 0 bridgehead atoms. The molecule has 5 nitrogen and oxygen atoms in total. The minimum Gasteiger partial charge on any atom is -0.382 e. The zero-order chi connectivity index (χ0) is 13.9.